The molecule has 1 aromatic rings. The molecule has 0 aromatic heterocycles. The molecule has 0 saturated carbocycles. The molecule has 0 saturated heterocycles. The Morgan fingerprint density at radius 1 is 1.40 bits per heavy atom. The first kappa shape index (κ1) is 12.1. The van der Waals surface area contributed by atoms with Crippen LogP contribution in [0.1, 0.15) is 18.9 Å². The molecule has 82 valence electrons. The fourth-order valence-electron chi connectivity index (χ4n) is 1.33. The van der Waals surface area contributed by atoms with Gasteiger partial charge in [-0.2, -0.15) is 0 Å². The Labute approximate surface area is 94.7 Å². The maximum absolute atomic E-state index is 10.8. The van der Waals surface area contributed by atoms with E-state index in [4.69, 9.17) is 5.11 Å². The molecule has 0 aliphatic rings. The predicted molar refractivity (Wildman–Crippen MR) is 64.3 cm³/mol. The lowest BCUT2D eigenvalue weighted by atomic mass is 10.2. The maximum Gasteiger partial charge on any atom is 0.316 e. The van der Waals surface area contributed by atoms with Gasteiger partial charge in [-0.05, 0) is 24.2 Å². The number of carboxylic acids is 1. The van der Waals surface area contributed by atoms with Gasteiger partial charge in [0, 0.05) is 0 Å². The molecule has 0 amide bonds. The number of carbonyl (C=O) groups is 1. The Balaban J connectivity index is 2.30. The van der Waals surface area contributed by atoms with Crippen molar-refractivity contribution in [2.75, 3.05) is 5.75 Å². The zero-order valence-corrected chi connectivity index (χ0v) is 9.67. The third kappa shape index (κ3) is 4.38. The van der Waals surface area contributed by atoms with Crippen molar-refractivity contribution in [3.8, 4) is 0 Å². The monoisotopic (exact) mass is 224 g/mol. The van der Waals surface area contributed by atoms with E-state index < -0.39 is 5.97 Å². The van der Waals surface area contributed by atoms with Gasteiger partial charge in [-0.25, -0.2) is 0 Å². The topological polar surface area (TPSA) is 37.3 Å². The molecule has 0 heterocycles. The van der Waals surface area contributed by atoms with Crippen molar-refractivity contribution in [3.05, 3.63) is 35.9 Å². The first-order valence-electron chi connectivity index (χ1n) is 5.12. The van der Waals surface area contributed by atoms with E-state index in [-0.39, 0.29) is 5.25 Å². The average molecular weight is 224 g/mol. The van der Waals surface area contributed by atoms with Crippen molar-refractivity contribution in [1.82, 2.24) is 0 Å². The Kier molecular flexibility index (Phi) is 5.26. The Bertz CT molecular complexity index is 298. The summed E-state index contributed by atoms with van der Waals surface area (Å²) in [5, 5.41) is 8.59. The van der Waals surface area contributed by atoms with E-state index in [1.807, 2.05) is 25.1 Å². The maximum atomic E-state index is 10.8. The highest BCUT2D eigenvalue weighted by Crippen LogP contribution is 2.16. The minimum atomic E-state index is -0.699. The summed E-state index contributed by atoms with van der Waals surface area (Å²) in [6.45, 7) is 1.91. The van der Waals surface area contributed by atoms with E-state index in [1.165, 1.54) is 17.3 Å². The quantitative estimate of drug-likeness (QED) is 0.807. The molecule has 0 aliphatic heterocycles. The standard InChI is InChI=1S/C12H16O2S/c1-2-11(12(13)14)15-9-8-10-6-4-3-5-7-10/h3-7,11H,2,8-9H2,1H3,(H,13,14). The zero-order valence-electron chi connectivity index (χ0n) is 8.85. The highest BCUT2D eigenvalue weighted by Gasteiger charge is 2.14. The van der Waals surface area contributed by atoms with Crippen LogP contribution < -0.4 is 0 Å². The molecular weight excluding hydrogens is 208 g/mol. The van der Waals surface area contributed by atoms with Gasteiger partial charge in [-0.1, -0.05) is 37.3 Å². The van der Waals surface area contributed by atoms with Gasteiger partial charge in [0.05, 0.1) is 0 Å². The molecule has 1 rings (SSSR count). The fraction of sp³-hybridized carbons (Fsp3) is 0.417. The van der Waals surface area contributed by atoms with Crippen LogP contribution >= 0.6 is 11.8 Å². The van der Waals surface area contributed by atoms with Gasteiger partial charge in [0.25, 0.3) is 0 Å². The number of benzene rings is 1. The smallest absolute Gasteiger partial charge is 0.316 e. The third-order valence-corrected chi connectivity index (χ3v) is 3.58. The van der Waals surface area contributed by atoms with Crippen molar-refractivity contribution in [3.63, 3.8) is 0 Å². The summed E-state index contributed by atoms with van der Waals surface area (Å²) < 4.78 is 0. The van der Waals surface area contributed by atoms with E-state index >= 15 is 0 Å². The van der Waals surface area contributed by atoms with E-state index in [9.17, 15) is 4.79 Å². The Morgan fingerprint density at radius 2 is 2.07 bits per heavy atom. The Morgan fingerprint density at radius 3 is 2.60 bits per heavy atom. The normalized spacial score (nSPS) is 12.3. The van der Waals surface area contributed by atoms with Crippen molar-refractivity contribution >= 4 is 17.7 Å². The summed E-state index contributed by atoms with van der Waals surface area (Å²) in [6, 6.07) is 10.1. The first-order chi connectivity index (χ1) is 7.24. The van der Waals surface area contributed by atoms with E-state index in [0.29, 0.717) is 6.42 Å². The molecule has 1 aromatic carbocycles. The van der Waals surface area contributed by atoms with E-state index in [1.54, 1.807) is 0 Å². The van der Waals surface area contributed by atoms with Crippen LogP contribution in [0, 0.1) is 0 Å². The molecular formula is C12H16O2S. The van der Waals surface area contributed by atoms with Crippen LogP contribution in [0.5, 0.6) is 0 Å². The van der Waals surface area contributed by atoms with Crippen LogP contribution in [0.2, 0.25) is 0 Å². The first-order valence-corrected chi connectivity index (χ1v) is 6.17. The summed E-state index contributed by atoms with van der Waals surface area (Å²) in [7, 11) is 0. The minimum absolute atomic E-state index is 0.256. The van der Waals surface area contributed by atoms with Crippen molar-refractivity contribution in [1.29, 1.82) is 0 Å². The Hall–Kier alpha value is -0.960. The van der Waals surface area contributed by atoms with E-state index in [0.717, 1.165) is 12.2 Å². The molecule has 2 nitrogen and oxygen atoms in total. The molecule has 0 aliphatic carbocycles. The van der Waals surface area contributed by atoms with Crippen LogP contribution in [0.15, 0.2) is 30.3 Å². The zero-order chi connectivity index (χ0) is 11.1. The van der Waals surface area contributed by atoms with Crippen LogP contribution in [0.4, 0.5) is 0 Å². The largest absolute Gasteiger partial charge is 0.480 e. The molecule has 0 fully saturated rings. The van der Waals surface area contributed by atoms with Crippen LogP contribution in [0.3, 0.4) is 0 Å². The lowest BCUT2D eigenvalue weighted by molar-refractivity contribution is -0.136. The molecule has 0 spiro atoms. The van der Waals surface area contributed by atoms with Gasteiger partial charge >= 0.3 is 5.97 Å². The summed E-state index contributed by atoms with van der Waals surface area (Å²) >= 11 is 1.52. The second kappa shape index (κ2) is 6.51. The molecule has 1 unspecified atom stereocenters. The number of carboxylic acid groups (broad SMARTS) is 1. The lowest BCUT2D eigenvalue weighted by Crippen LogP contribution is -2.15. The van der Waals surface area contributed by atoms with Crippen LogP contribution in [-0.2, 0) is 11.2 Å². The van der Waals surface area contributed by atoms with E-state index in [2.05, 4.69) is 12.1 Å². The molecule has 1 atom stereocenters. The molecule has 1 N–H and O–H groups in total. The lowest BCUT2D eigenvalue weighted by Gasteiger charge is -2.08. The average Bonchev–Trinajstić information content (AvgIpc) is 2.25. The molecule has 0 bridgehead atoms. The molecule has 15 heavy (non-hydrogen) atoms. The number of hydrogen-bond acceptors (Lipinski definition) is 2. The minimum Gasteiger partial charge on any atom is -0.480 e. The second-order valence-corrected chi connectivity index (χ2v) is 4.65. The predicted octanol–water partition coefficient (Wildman–Crippen LogP) is 2.83. The van der Waals surface area contributed by atoms with Gasteiger partial charge < -0.3 is 5.11 Å². The number of thioether (sulfide) groups is 1. The number of aliphatic carboxylic acids is 1. The third-order valence-electron chi connectivity index (χ3n) is 2.20. The van der Waals surface area contributed by atoms with Crippen LogP contribution in [-0.4, -0.2) is 22.1 Å². The van der Waals surface area contributed by atoms with Gasteiger partial charge in [0.15, 0.2) is 0 Å². The SMILES string of the molecule is CCC(SCCc1ccccc1)C(=O)O. The second-order valence-electron chi connectivity index (χ2n) is 3.34. The summed E-state index contributed by atoms with van der Waals surface area (Å²) in [4.78, 5) is 10.8. The summed E-state index contributed by atoms with van der Waals surface area (Å²) in [6.07, 6.45) is 1.63. The molecule has 0 radical (unpaired) electrons. The summed E-state index contributed by atoms with van der Waals surface area (Å²) in [5.41, 5.74) is 1.27. The van der Waals surface area contributed by atoms with Crippen LogP contribution in [0.25, 0.3) is 0 Å². The molecule has 3 heteroatoms. The van der Waals surface area contributed by atoms with Crippen molar-refractivity contribution in [2.45, 2.75) is 25.0 Å². The number of hydrogen-bond donors (Lipinski definition) is 1. The fourth-order valence-corrected chi connectivity index (χ4v) is 2.34. The summed E-state index contributed by atoms with van der Waals surface area (Å²) in [5.74, 6) is 0.171. The van der Waals surface area contributed by atoms with Gasteiger partial charge in [-0.15, -0.1) is 11.8 Å². The number of rotatable bonds is 6. The van der Waals surface area contributed by atoms with Gasteiger partial charge in [0.2, 0.25) is 0 Å². The number of aryl methyl sites for hydroxylation is 1. The highest BCUT2D eigenvalue weighted by molar-refractivity contribution is 8.00. The van der Waals surface area contributed by atoms with Crippen molar-refractivity contribution < 1.29 is 9.90 Å². The van der Waals surface area contributed by atoms with Gasteiger partial charge in [0.1, 0.15) is 5.25 Å². The highest BCUT2D eigenvalue weighted by atomic mass is 32.2. The van der Waals surface area contributed by atoms with Crippen molar-refractivity contribution in [2.24, 2.45) is 0 Å². The van der Waals surface area contributed by atoms with Gasteiger partial charge in [-0.3, -0.25) is 4.79 Å².